The van der Waals surface area contributed by atoms with Gasteiger partial charge in [0.2, 0.25) is 0 Å². The van der Waals surface area contributed by atoms with Crippen LogP contribution in [0.5, 0.6) is 11.5 Å². The summed E-state index contributed by atoms with van der Waals surface area (Å²) >= 11 is 0. The summed E-state index contributed by atoms with van der Waals surface area (Å²) in [5.74, 6) is -0.0275. The van der Waals surface area contributed by atoms with E-state index in [1.54, 1.807) is 18.2 Å². The van der Waals surface area contributed by atoms with Gasteiger partial charge in [-0.3, -0.25) is 4.79 Å². The second-order valence-electron chi connectivity index (χ2n) is 5.43. The van der Waals surface area contributed by atoms with Crippen molar-refractivity contribution in [1.29, 1.82) is 0 Å². The summed E-state index contributed by atoms with van der Waals surface area (Å²) in [7, 11) is 4.46. The van der Waals surface area contributed by atoms with Crippen molar-refractivity contribution < 1.29 is 18.7 Å². The molecule has 0 unspecified atom stereocenters. The lowest BCUT2D eigenvalue weighted by molar-refractivity contribution is 0.0958. The molecular weight excluding hydrogens is 339 g/mol. The van der Waals surface area contributed by atoms with Crippen LogP contribution in [-0.4, -0.2) is 37.4 Å². The molecule has 0 aliphatic rings. The molecule has 0 saturated heterocycles. The Kier molecular flexibility index (Phi) is 4.57. The Bertz CT molecular complexity index is 1010. The van der Waals surface area contributed by atoms with E-state index < -0.39 is 11.7 Å². The second kappa shape index (κ2) is 6.83. The van der Waals surface area contributed by atoms with Crippen LogP contribution in [0.25, 0.3) is 22.0 Å². The number of aromatic nitrogens is 2. The maximum absolute atomic E-state index is 14.7. The number of hydrogen-bond acceptors (Lipinski definition) is 6. The summed E-state index contributed by atoms with van der Waals surface area (Å²) in [6.45, 7) is 0. The standard InChI is InChI=1S/C18H17FN4O3/c1-21-18(24)17-15(20)10-5-6-12(19)14(16(10)22-23-17)11-8-9(25-2)4-7-13(11)26-3/h4-8H,1-3H3,(H2,20,22)(H,21,24). The Balaban J connectivity index is 2.36. The number of nitrogens with zero attached hydrogens (tertiary/aromatic N) is 2. The van der Waals surface area contributed by atoms with Gasteiger partial charge in [0.25, 0.3) is 5.91 Å². The van der Waals surface area contributed by atoms with Crippen LogP contribution in [0.3, 0.4) is 0 Å². The monoisotopic (exact) mass is 356 g/mol. The molecule has 134 valence electrons. The highest BCUT2D eigenvalue weighted by atomic mass is 19.1. The number of ether oxygens (including phenoxy) is 2. The van der Waals surface area contributed by atoms with E-state index in [9.17, 15) is 9.18 Å². The molecule has 8 heteroatoms. The number of nitrogens with two attached hydrogens (primary N) is 1. The quantitative estimate of drug-likeness (QED) is 0.745. The zero-order valence-corrected chi connectivity index (χ0v) is 14.5. The first-order chi connectivity index (χ1) is 12.5. The highest BCUT2D eigenvalue weighted by Crippen LogP contribution is 2.39. The number of nitrogen functional groups attached to an aromatic ring is 1. The van der Waals surface area contributed by atoms with Crippen LogP contribution in [0.15, 0.2) is 30.3 Å². The van der Waals surface area contributed by atoms with E-state index in [-0.39, 0.29) is 22.5 Å². The fourth-order valence-electron chi connectivity index (χ4n) is 2.72. The molecule has 0 fully saturated rings. The third-order valence-corrected chi connectivity index (χ3v) is 4.04. The van der Waals surface area contributed by atoms with Crippen molar-refractivity contribution in [3.8, 4) is 22.6 Å². The smallest absolute Gasteiger partial charge is 0.273 e. The van der Waals surface area contributed by atoms with E-state index in [0.717, 1.165) is 0 Å². The lowest BCUT2D eigenvalue weighted by atomic mass is 9.99. The molecule has 7 nitrogen and oxygen atoms in total. The molecule has 0 saturated carbocycles. The Morgan fingerprint density at radius 3 is 2.58 bits per heavy atom. The van der Waals surface area contributed by atoms with Crippen molar-refractivity contribution in [3.63, 3.8) is 0 Å². The number of halogens is 1. The first-order valence-electron chi connectivity index (χ1n) is 7.70. The van der Waals surface area contributed by atoms with Gasteiger partial charge in [0, 0.05) is 23.6 Å². The first-order valence-corrected chi connectivity index (χ1v) is 7.70. The topological polar surface area (TPSA) is 99.4 Å². The van der Waals surface area contributed by atoms with Crippen molar-refractivity contribution in [2.24, 2.45) is 0 Å². The van der Waals surface area contributed by atoms with Gasteiger partial charge < -0.3 is 20.5 Å². The van der Waals surface area contributed by atoms with Crippen LogP contribution >= 0.6 is 0 Å². The van der Waals surface area contributed by atoms with Gasteiger partial charge in [-0.1, -0.05) is 0 Å². The fourth-order valence-corrected chi connectivity index (χ4v) is 2.72. The van der Waals surface area contributed by atoms with Crippen LogP contribution in [0, 0.1) is 5.82 Å². The summed E-state index contributed by atoms with van der Waals surface area (Å²) < 4.78 is 25.3. The zero-order chi connectivity index (χ0) is 18.8. The number of fused-ring (bicyclic) bond motifs is 1. The van der Waals surface area contributed by atoms with Crippen molar-refractivity contribution in [2.75, 3.05) is 27.0 Å². The Hall–Kier alpha value is -3.42. The molecule has 0 atom stereocenters. The highest BCUT2D eigenvalue weighted by Gasteiger charge is 2.21. The van der Waals surface area contributed by atoms with Gasteiger partial charge in [-0.2, -0.15) is 0 Å². The lowest BCUT2D eigenvalue weighted by Crippen LogP contribution is -2.21. The zero-order valence-electron chi connectivity index (χ0n) is 14.5. The number of carbonyl (C=O) groups excluding carboxylic acids is 1. The Labute approximate surface area is 148 Å². The van der Waals surface area contributed by atoms with Gasteiger partial charge in [0.1, 0.15) is 22.8 Å². The normalized spacial score (nSPS) is 10.6. The van der Waals surface area contributed by atoms with Gasteiger partial charge >= 0.3 is 0 Å². The number of amides is 1. The van der Waals surface area contributed by atoms with E-state index in [1.807, 2.05) is 0 Å². The Morgan fingerprint density at radius 1 is 1.15 bits per heavy atom. The van der Waals surface area contributed by atoms with Gasteiger partial charge in [-0.05, 0) is 30.3 Å². The Morgan fingerprint density at radius 2 is 1.92 bits per heavy atom. The highest BCUT2D eigenvalue weighted by molar-refractivity contribution is 6.07. The van der Waals surface area contributed by atoms with Gasteiger partial charge in [-0.25, -0.2) is 4.39 Å². The molecule has 1 amide bonds. The van der Waals surface area contributed by atoms with Gasteiger partial charge in [-0.15, -0.1) is 10.2 Å². The van der Waals surface area contributed by atoms with E-state index in [0.29, 0.717) is 22.4 Å². The predicted octanol–water partition coefficient (Wildman–Crippen LogP) is 2.39. The molecule has 3 N–H and O–H groups in total. The van der Waals surface area contributed by atoms with E-state index in [1.165, 1.54) is 33.4 Å². The summed E-state index contributed by atoms with van der Waals surface area (Å²) in [6.07, 6.45) is 0. The average Bonchev–Trinajstić information content (AvgIpc) is 2.67. The van der Waals surface area contributed by atoms with Crippen LogP contribution < -0.4 is 20.5 Å². The van der Waals surface area contributed by atoms with E-state index in [4.69, 9.17) is 15.2 Å². The maximum Gasteiger partial charge on any atom is 0.273 e. The van der Waals surface area contributed by atoms with E-state index in [2.05, 4.69) is 15.5 Å². The van der Waals surface area contributed by atoms with Crippen LogP contribution in [-0.2, 0) is 0 Å². The molecule has 0 spiro atoms. The van der Waals surface area contributed by atoms with Crippen molar-refractivity contribution in [3.05, 3.63) is 41.8 Å². The molecule has 26 heavy (non-hydrogen) atoms. The molecule has 0 aliphatic carbocycles. The number of anilines is 1. The molecule has 3 aromatic rings. The molecule has 1 heterocycles. The SMILES string of the molecule is CNC(=O)c1nnc2c(-c3cc(OC)ccc3OC)c(F)ccc2c1N. The molecule has 0 aliphatic heterocycles. The van der Waals surface area contributed by atoms with Gasteiger partial charge in [0.05, 0.1) is 19.9 Å². The first kappa shape index (κ1) is 17.4. The van der Waals surface area contributed by atoms with Crippen molar-refractivity contribution in [2.45, 2.75) is 0 Å². The minimum atomic E-state index is -0.523. The largest absolute Gasteiger partial charge is 0.497 e. The van der Waals surface area contributed by atoms with Crippen molar-refractivity contribution in [1.82, 2.24) is 15.5 Å². The second-order valence-corrected chi connectivity index (χ2v) is 5.43. The molecule has 2 aromatic carbocycles. The summed E-state index contributed by atoms with van der Waals surface area (Å²) in [6, 6.07) is 7.75. The van der Waals surface area contributed by atoms with Crippen molar-refractivity contribution >= 4 is 22.5 Å². The number of carbonyl (C=O) groups is 1. The lowest BCUT2D eigenvalue weighted by Gasteiger charge is -2.14. The summed E-state index contributed by atoms with van der Waals surface area (Å²) in [5, 5.41) is 10.8. The third kappa shape index (κ3) is 2.75. The minimum absolute atomic E-state index is 0.0184. The summed E-state index contributed by atoms with van der Waals surface area (Å²) in [5.41, 5.74) is 7.01. The number of hydrogen-bond donors (Lipinski definition) is 2. The maximum atomic E-state index is 14.7. The average molecular weight is 356 g/mol. The minimum Gasteiger partial charge on any atom is -0.497 e. The molecule has 0 radical (unpaired) electrons. The third-order valence-electron chi connectivity index (χ3n) is 4.04. The number of methoxy groups -OCH3 is 2. The van der Waals surface area contributed by atoms with Crippen LogP contribution in [0.1, 0.15) is 10.5 Å². The molecular formula is C18H17FN4O3. The predicted molar refractivity (Wildman–Crippen MR) is 95.8 cm³/mol. The molecule has 3 rings (SSSR count). The molecule has 0 bridgehead atoms. The molecule has 1 aromatic heterocycles. The number of nitrogens with one attached hydrogen (secondary N) is 1. The van der Waals surface area contributed by atoms with E-state index >= 15 is 0 Å². The summed E-state index contributed by atoms with van der Waals surface area (Å²) in [4.78, 5) is 11.9. The van der Waals surface area contributed by atoms with Crippen LogP contribution in [0.4, 0.5) is 10.1 Å². The fraction of sp³-hybridized carbons (Fsp3) is 0.167. The van der Waals surface area contributed by atoms with Crippen LogP contribution in [0.2, 0.25) is 0 Å². The van der Waals surface area contributed by atoms with Gasteiger partial charge in [0.15, 0.2) is 5.69 Å². The number of benzene rings is 2. The number of rotatable bonds is 4.